The summed E-state index contributed by atoms with van der Waals surface area (Å²) in [5, 5.41) is 5.05. The maximum atomic E-state index is 12.3. The van der Waals surface area contributed by atoms with Gasteiger partial charge in [-0.25, -0.2) is 4.98 Å². The van der Waals surface area contributed by atoms with Crippen molar-refractivity contribution < 1.29 is 4.79 Å². The summed E-state index contributed by atoms with van der Waals surface area (Å²) in [5.41, 5.74) is 2.33. The van der Waals surface area contributed by atoms with Crippen LogP contribution in [0.4, 0.5) is 0 Å². The molecule has 1 amide bonds. The van der Waals surface area contributed by atoms with Crippen LogP contribution >= 0.6 is 11.3 Å². The van der Waals surface area contributed by atoms with E-state index in [0.717, 1.165) is 31.2 Å². The minimum absolute atomic E-state index is 0.0850. The highest BCUT2D eigenvalue weighted by Crippen LogP contribution is 2.18. The van der Waals surface area contributed by atoms with Crippen LogP contribution in [0.2, 0.25) is 0 Å². The number of amides is 1. The summed E-state index contributed by atoms with van der Waals surface area (Å²) < 4.78 is 2.27. The normalized spacial score (nSPS) is 16.3. The second-order valence-electron chi connectivity index (χ2n) is 5.79. The molecule has 1 N–H and O–H groups in total. The van der Waals surface area contributed by atoms with Crippen LogP contribution in [-0.2, 0) is 24.4 Å². The molecular weight excluding hydrogens is 296 g/mol. The van der Waals surface area contributed by atoms with Gasteiger partial charge in [-0.15, -0.1) is 11.3 Å². The van der Waals surface area contributed by atoms with E-state index in [4.69, 9.17) is 0 Å². The second-order valence-corrected chi connectivity index (χ2v) is 6.83. The average Bonchev–Trinajstić information content (AvgIpc) is 3.13. The van der Waals surface area contributed by atoms with Crippen LogP contribution in [0.15, 0.2) is 17.5 Å². The van der Waals surface area contributed by atoms with Crippen molar-refractivity contribution in [3.8, 4) is 0 Å². The van der Waals surface area contributed by atoms with E-state index in [1.54, 1.807) is 11.3 Å². The maximum Gasteiger partial charge on any atom is 0.237 e. The van der Waals surface area contributed by atoms with Gasteiger partial charge in [-0.1, -0.05) is 6.07 Å². The Bertz CT molecular complexity index is 662. The van der Waals surface area contributed by atoms with Crippen molar-refractivity contribution in [2.45, 2.75) is 46.4 Å². The van der Waals surface area contributed by atoms with E-state index in [1.165, 1.54) is 10.6 Å². The topological polar surface area (TPSA) is 50.2 Å². The number of carbonyl (C=O) groups excluding carboxylic acids is 1. The molecule has 0 saturated heterocycles. The molecule has 2 aromatic heterocycles. The van der Waals surface area contributed by atoms with Gasteiger partial charge < -0.3 is 9.88 Å². The molecule has 0 bridgehead atoms. The quantitative estimate of drug-likeness (QED) is 0.939. The molecule has 0 unspecified atom stereocenters. The van der Waals surface area contributed by atoms with E-state index in [2.05, 4.69) is 26.7 Å². The zero-order valence-electron chi connectivity index (χ0n) is 13.3. The molecule has 6 heteroatoms. The number of hydrogen-bond donors (Lipinski definition) is 1. The Hall–Kier alpha value is -1.66. The number of nitrogens with zero attached hydrogens (tertiary/aromatic N) is 3. The number of fused-ring (bicyclic) bond motifs is 1. The molecule has 118 valence electrons. The summed E-state index contributed by atoms with van der Waals surface area (Å²) in [5.74, 6) is 1.15. The minimum atomic E-state index is -0.133. The number of imidazole rings is 1. The van der Waals surface area contributed by atoms with Crippen molar-refractivity contribution in [1.29, 1.82) is 0 Å². The summed E-state index contributed by atoms with van der Waals surface area (Å²) in [6, 6.07) is 3.91. The fraction of sp³-hybridized carbons (Fsp3) is 0.500. The van der Waals surface area contributed by atoms with Gasteiger partial charge in [0.05, 0.1) is 24.8 Å². The summed E-state index contributed by atoms with van der Waals surface area (Å²) >= 11 is 1.67. The van der Waals surface area contributed by atoms with Crippen molar-refractivity contribution in [3.05, 3.63) is 39.6 Å². The Labute approximate surface area is 135 Å². The van der Waals surface area contributed by atoms with Gasteiger partial charge in [-0.05, 0) is 32.2 Å². The third-order valence-corrected chi connectivity index (χ3v) is 5.31. The first kappa shape index (κ1) is 15.2. The van der Waals surface area contributed by atoms with Gasteiger partial charge in [-0.2, -0.15) is 0 Å². The third kappa shape index (κ3) is 2.94. The lowest BCUT2D eigenvalue weighted by atomic mass is 10.2. The standard InChI is InChI=1S/C16H22N4OS/c1-11-12(2)20-7-6-19(10-15(20)18-11)13(3)16(21)17-9-14-5-4-8-22-14/h4-5,8,13H,6-7,9-10H2,1-3H3,(H,17,21)/t13-/m1/s1. The number of nitrogens with one attached hydrogen (secondary N) is 1. The highest BCUT2D eigenvalue weighted by Gasteiger charge is 2.27. The SMILES string of the molecule is Cc1nc2n(c1C)CCN([C@H](C)C(=O)NCc1cccs1)C2. The van der Waals surface area contributed by atoms with Gasteiger partial charge in [0.15, 0.2) is 0 Å². The van der Waals surface area contributed by atoms with Gasteiger partial charge in [0, 0.05) is 23.7 Å². The lowest BCUT2D eigenvalue weighted by Gasteiger charge is -2.32. The van der Waals surface area contributed by atoms with Crippen molar-refractivity contribution in [2.75, 3.05) is 6.54 Å². The first-order chi connectivity index (χ1) is 10.6. The highest BCUT2D eigenvalue weighted by molar-refractivity contribution is 7.09. The van der Waals surface area contributed by atoms with E-state index < -0.39 is 0 Å². The van der Waals surface area contributed by atoms with Gasteiger partial charge in [0.25, 0.3) is 0 Å². The molecule has 1 atom stereocenters. The van der Waals surface area contributed by atoms with Crippen molar-refractivity contribution in [1.82, 2.24) is 19.8 Å². The number of aryl methyl sites for hydroxylation is 1. The zero-order chi connectivity index (χ0) is 15.7. The van der Waals surface area contributed by atoms with Gasteiger partial charge in [0.1, 0.15) is 5.82 Å². The summed E-state index contributed by atoms with van der Waals surface area (Å²) in [7, 11) is 0. The van der Waals surface area contributed by atoms with Crippen molar-refractivity contribution in [3.63, 3.8) is 0 Å². The molecule has 0 radical (unpaired) electrons. The van der Waals surface area contributed by atoms with E-state index in [-0.39, 0.29) is 11.9 Å². The van der Waals surface area contributed by atoms with Crippen LogP contribution in [0, 0.1) is 13.8 Å². The number of aromatic nitrogens is 2. The minimum Gasteiger partial charge on any atom is -0.350 e. The second kappa shape index (κ2) is 6.22. The third-order valence-electron chi connectivity index (χ3n) is 4.44. The first-order valence-electron chi connectivity index (χ1n) is 7.63. The van der Waals surface area contributed by atoms with Gasteiger partial charge in [0.2, 0.25) is 5.91 Å². The predicted octanol–water partition coefficient (Wildman–Crippen LogP) is 2.08. The lowest BCUT2D eigenvalue weighted by Crippen LogP contribution is -2.47. The Balaban J connectivity index is 1.60. The zero-order valence-corrected chi connectivity index (χ0v) is 14.1. The number of rotatable bonds is 4. The summed E-state index contributed by atoms with van der Waals surface area (Å²) in [4.78, 5) is 20.3. The monoisotopic (exact) mass is 318 g/mol. The number of carbonyl (C=O) groups is 1. The Morgan fingerprint density at radius 3 is 3.00 bits per heavy atom. The molecule has 0 aromatic carbocycles. The van der Waals surface area contributed by atoms with Gasteiger partial charge in [-0.3, -0.25) is 9.69 Å². The smallest absolute Gasteiger partial charge is 0.237 e. The van der Waals surface area contributed by atoms with Crippen LogP contribution in [-0.4, -0.2) is 32.9 Å². The number of hydrogen-bond acceptors (Lipinski definition) is 4. The molecule has 1 aliphatic heterocycles. The summed E-state index contributed by atoms with van der Waals surface area (Å²) in [6.45, 7) is 9.27. The molecule has 0 aliphatic carbocycles. The van der Waals surface area contributed by atoms with E-state index in [9.17, 15) is 4.79 Å². The fourth-order valence-corrected chi connectivity index (χ4v) is 3.51. The highest BCUT2D eigenvalue weighted by atomic mass is 32.1. The largest absolute Gasteiger partial charge is 0.350 e. The van der Waals surface area contributed by atoms with Crippen LogP contribution in [0.5, 0.6) is 0 Å². The van der Waals surface area contributed by atoms with Crippen molar-refractivity contribution in [2.24, 2.45) is 0 Å². The Kier molecular flexibility index (Phi) is 4.31. The molecule has 3 rings (SSSR count). The van der Waals surface area contributed by atoms with E-state index in [1.807, 2.05) is 31.4 Å². The maximum absolute atomic E-state index is 12.3. The molecule has 0 fully saturated rings. The molecule has 1 aliphatic rings. The molecular formula is C16H22N4OS. The average molecular weight is 318 g/mol. The molecule has 3 heterocycles. The van der Waals surface area contributed by atoms with Gasteiger partial charge >= 0.3 is 0 Å². The van der Waals surface area contributed by atoms with Crippen LogP contribution < -0.4 is 5.32 Å². The fourth-order valence-electron chi connectivity index (χ4n) is 2.86. The van der Waals surface area contributed by atoms with Crippen LogP contribution in [0.3, 0.4) is 0 Å². The lowest BCUT2D eigenvalue weighted by molar-refractivity contribution is -0.126. The number of thiophene rings is 1. The first-order valence-corrected chi connectivity index (χ1v) is 8.51. The Morgan fingerprint density at radius 1 is 1.45 bits per heavy atom. The Morgan fingerprint density at radius 2 is 2.27 bits per heavy atom. The summed E-state index contributed by atoms with van der Waals surface area (Å²) in [6.07, 6.45) is 0. The molecule has 0 saturated carbocycles. The van der Waals surface area contributed by atoms with E-state index >= 15 is 0 Å². The molecule has 2 aromatic rings. The van der Waals surface area contributed by atoms with Crippen LogP contribution in [0.1, 0.15) is 29.0 Å². The molecule has 22 heavy (non-hydrogen) atoms. The molecule has 0 spiro atoms. The predicted molar refractivity (Wildman–Crippen MR) is 87.7 cm³/mol. The van der Waals surface area contributed by atoms with E-state index in [0.29, 0.717) is 6.54 Å². The van der Waals surface area contributed by atoms with Crippen molar-refractivity contribution >= 4 is 17.2 Å². The molecule has 5 nitrogen and oxygen atoms in total. The van der Waals surface area contributed by atoms with Crippen LogP contribution in [0.25, 0.3) is 0 Å².